The number of hydrogen-bond acceptors (Lipinski definition) is 4. The number of thiazole rings is 1. The van der Waals surface area contributed by atoms with Crippen molar-refractivity contribution in [2.45, 2.75) is 38.8 Å². The van der Waals surface area contributed by atoms with Crippen molar-refractivity contribution in [3.63, 3.8) is 0 Å². The molecule has 2 rings (SSSR count). The van der Waals surface area contributed by atoms with Crippen LogP contribution in [-0.4, -0.2) is 24.1 Å². The van der Waals surface area contributed by atoms with Gasteiger partial charge in [0.1, 0.15) is 5.01 Å². The Hall–Kier alpha value is -0.450. The first-order chi connectivity index (χ1) is 7.38. The van der Waals surface area contributed by atoms with Crippen LogP contribution in [0.15, 0.2) is 6.20 Å². The zero-order valence-corrected chi connectivity index (χ0v) is 10.1. The molecule has 0 aliphatic carbocycles. The topological polar surface area (TPSA) is 37.0 Å². The van der Waals surface area contributed by atoms with Crippen molar-refractivity contribution in [2.75, 3.05) is 13.1 Å². The lowest BCUT2D eigenvalue weighted by Gasteiger charge is -2.09. The van der Waals surface area contributed by atoms with Gasteiger partial charge in [0.15, 0.2) is 0 Å². The Morgan fingerprint density at radius 2 is 2.60 bits per heavy atom. The van der Waals surface area contributed by atoms with Crippen LogP contribution < -0.4 is 10.6 Å². The number of rotatable bonds is 5. The maximum atomic E-state index is 4.39. The molecule has 0 aromatic carbocycles. The maximum absolute atomic E-state index is 4.39. The van der Waals surface area contributed by atoms with Gasteiger partial charge in [-0.05, 0) is 25.8 Å². The summed E-state index contributed by atoms with van der Waals surface area (Å²) in [6.07, 6.45) is 5.73. The van der Waals surface area contributed by atoms with E-state index in [0.29, 0.717) is 6.04 Å². The maximum Gasteiger partial charge on any atom is 0.107 e. The molecule has 0 spiro atoms. The average molecular weight is 225 g/mol. The van der Waals surface area contributed by atoms with Crippen LogP contribution in [-0.2, 0) is 13.0 Å². The largest absolute Gasteiger partial charge is 0.313 e. The first kappa shape index (κ1) is 11.0. The summed E-state index contributed by atoms with van der Waals surface area (Å²) in [5.41, 5.74) is 0. The van der Waals surface area contributed by atoms with Gasteiger partial charge in [0.2, 0.25) is 0 Å². The van der Waals surface area contributed by atoms with Crippen molar-refractivity contribution in [3.05, 3.63) is 16.1 Å². The first-order valence-corrected chi connectivity index (χ1v) is 6.58. The van der Waals surface area contributed by atoms with E-state index in [2.05, 4.69) is 22.5 Å². The Kier molecular flexibility index (Phi) is 4.11. The number of hydrogen-bond donors (Lipinski definition) is 2. The molecule has 15 heavy (non-hydrogen) atoms. The highest BCUT2D eigenvalue weighted by Gasteiger charge is 2.12. The van der Waals surface area contributed by atoms with E-state index in [4.69, 9.17) is 0 Å². The van der Waals surface area contributed by atoms with Gasteiger partial charge in [-0.1, -0.05) is 6.92 Å². The lowest BCUT2D eigenvalue weighted by Crippen LogP contribution is -2.33. The Bertz CT molecular complexity index is 292. The molecule has 84 valence electrons. The third kappa shape index (κ3) is 3.26. The molecule has 4 heteroatoms. The van der Waals surface area contributed by atoms with Gasteiger partial charge >= 0.3 is 0 Å². The molecule has 1 saturated heterocycles. The van der Waals surface area contributed by atoms with E-state index in [1.54, 1.807) is 0 Å². The minimum atomic E-state index is 0.676. The van der Waals surface area contributed by atoms with Gasteiger partial charge in [-0.2, -0.15) is 0 Å². The summed E-state index contributed by atoms with van der Waals surface area (Å²) in [5.74, 6) is 0. The molecule has 2 heterocycles. The van der Waals surface area contributed by atoms with Crippen LogP contribution >= 0.6 is 11.3 Å². The molecule has 1 fully saturated rings. The highest BCUT2D eigenvalue weighted by molar-refractivity contribution is 7.11. The monoisotopic (exact) mass is 225 g/mol. The lowest BCUT2D eigenvalue weighted by molar-refractivity contribution is 0.535. The summed E-state index contributed by atoms with van der Waals surface area (Å²) < 4.78 is 0. The van der Waals surface area contributed by atoms with Crippen LogP contribution in [0.25, 0.3) is 0 Å². The van der Waals surface area contributed by atoms with Crippen molar-refractivity contribution in [1.29, 1.82) is 0 Å². The fraction of sp³-hybridized carbons (Fsp3) is 0.727. The zero-order chi connectivity index (χ0) is 10.5. The molecule has 1 unspecified atom stereocenters. The molecule has 2 N–H and O–H groups in total. The van der Waals surface area contributed by atoms with Gasteiger partial charge in [0.25, 0.3) is 0 Å². The van der Waals surface area contributed by atoms with Crippen molar-refractivity contribution in [2.24, 2.45) is 0 Å². The molecule has 0 amide bonds. The minimum Gasteiger partial charge on any atom is -0.313 e. The molecular weight excluding hydrogens is 206 g/mol. The van der Waals surface area contributed by atoms with E-state index in [1.165, 1.54) is 29.3 Å². The summed E-state index contributed by atoms with van der Waals surface area (Å²) in [6, 6.07) is 0.676. The van der Waals surface area contributed by atoms with Gasteiger partial charge in [0.05, 0.1) is 0 Å². The smallest absolute Gasteiger partial charge is 0.107 e. The summed E-state index contributed by atoms with van der Waals surface area (Å²) >= 11 is 1.82. The lowest BCUT2D eigenvalue weighted by atomic mass is 10.2. The molecular formula is C11H19N3S. The Morgan fingerprint density at radius 3 is 3.27 bits per heavy atom. The Morgan fingerprint density at radius 1 is 1.67 bits per heavy atom. The van der Waals surface area contributed by atoms with Crippen molar-refractivity contribution < 1.29 is 0 Å². The van der Waals surface area contributed by atoms with Crippen LogP contribution in [0.4, 0.5) is 0 Å². The summed E-state index contributed by atoms with van der Waals surface area (Å²) in [5, 5.41) is 8.16. The van der Waals surface area contributed by atoms with Crippen molar-refractivity contribution in [3.8, 4) is 0 Å². The van der Waals surface area contributed by atoms with Crippen molar-refractivity contribution in [1.82, 2.24) is 15.6 Å². The quantitative estimate of drug-likeness (QED) is 0.798. The molecule has 1 aliphatic heterocycles. The predicted molar refractivity (Wildman–Crippen MR) is 64.2 cm³/mol. The summed E-state index contributed by atoms with van der Waals surface area (Å²) in [4.78, 5) is 5.77. The van der Waals surface area contributed by atoms with Crippen LogP contribution in [0.2, 0.25) is 0 Å². The molecule has 0 radical (unpaired) electrons. The second kappa shape index (κ2) is 5.58. The van der Waals surface area contributed by atoms with Gasteiger partial charge < -0.3 is 10.6 Å². The van der Waals surface area contributed by atoms with E-state index in [9.17, 15) is 0 Å². The standard InChI is InChI=1S/C11H19N3S/c1-2-10-7-14-11(15-10)8-12-6-9-4-3-5-13-9/h7,9,12-13H,2-6,8H2,1H3. The van der Waals surface area contributed by atoms with Gasteiger partial charge in [-0.25, -0.2) is 4.98 Å². The molecule has 1 atom stereocenters. The highest BCUT2D eigenvalue weighted by Crippen LogP contribution is 2.13. The second-order valence-electron chi connectivity index (χ2n) is 4.00. The van der Waals surface area contributed by atoms with Gasteiger partial charge in [0, 0.05) is 30.2 Å². The number of nitrogens with one attached hydrogen (secondary N) is 2. The molecule has 3 nitrogen and oxygen atoms in total. The number of aromatic nitrogens is 1. The van der Waals surface area contributed by atoms with Crippen LogP contribution in [0.1, 0.15) is 29.7 Å². The molecule has 0 bridgehead atoms. The van der Waals surface area contributed by atoms with E-state index >= 15 is 0 Å². The first-order valence-electron chi connectivity index (χ1n) is 5.76. The summed E-state index contributed by atoms with van der Waals surface area (Å²) in [7, 11) is 0. The van der Waals surface area contributed by atoms with E-state index in [1.807, 2.05) is 17.5 Å². The van der Waals surface area contributed by atoms with E-state index < -0.39 is 0 Å². The third-order valence-corrected chi connectivity index (χ3v) is 3.92. The Labute approximate surface area is 95.3 Å². The molecule has 1 aromatic rings. The fourth-order valence-corrected chi connectivity index (χ4v) is 2.71. The van der Waals surface area contributed by atoms with Crippen LogP contribution in [0.5, 0.6) is 0 Å². The van der Waals surface area contributed by atoms with Crippen LogP contribution in [0, 0.1) is 0 Å². The minimum absolute atomic E-state index is 0.676. The number of aryl methyl sites for hydroxylation is 1. The third-order valence-electron chi connectivity index (χ3n) is 2.78. The SMILES string of the molecule is CCc1cnc(CNCC2CCCN2)s1. The predicted octanol–water partition coefficient (Wildman–Crippen LogP) is 1.55. The second-order valence-corrected chi connectivity index (χ2v) is 5.20. The van der Waals surface area contributed by atoms with E-state index in [-0.39, 0.29) is 0 Å². The number of nitrogens with zero attached hydrogens (tertiary/aromatic N) is 1. The Balaban J connectivity index is 1.68. The van der Waals surface area contributed by atoms with Crippen LogP contribution in [0.3, 0.4) is 0 Å². The highest BCUT2D eigenvalue weighted by atomic mass is 32.1. The molecule has 0 saturated carbocycles. The molecule has 1 aromatic heterocycles. The average Bonchev–Trinajstić information content (AvgIpc) is 2.88. The summed E-state index contributed by atoms with van der Waals surface area (Å²) in [6.45, 7) is 5.35. The van der Waals surface area contributed by atoms with E-state index in [0.717, 1.165) is 19.5 Å². The zero-order valence-electron chi connectivity index (χ0n) is 9.25. The van der Waals surface area contributed by atoms with Gasteiger partial charge in [-0.3, -0.25) is 0 Å². The fourth-order valence-electron chi connectivity index (χ4n) is 1.88. The molecule has 1 aliphatic rings. The normalized spacial score (nSPS) is 21.0. The van der Waals surface area contributed by atoms with Gasteiger partial charge in [-0.15, -0.1) is 11.3 Å². The van der Waals surface area contributed by atoms with Crippen molar-refractivity contribution >= 4 is 11.3 Å².